The van der Waals surface area contributed by atoms with Crippen LogP contribution in [0.5, 0.6) is 0 Å². The largest absolute Gasteiger partial charge is 1.00 e. The van der Waals surface area contributed by atoms with E-state index in [1.165, 1.54) is 0 Å². The second-order valence-electron chi connectivity index (χ2n) is 2.17. The summed E-state index contributed by atoms with van der Waals surface area (Å²) in [6, 6.07) is 0. The first-order valence-corrected chi connectivity index (χ1v) is 4.13. The van der Waals surface area contributed by atoms with Crippen molar-refractivity contribution in [2.24, 2.45) is 0 Å². The van der Waals surface area contributed by atoms with Gasteiger partial charge in [-0.1, -0.05) is 25.1 Å². The molecule has 0 aliphatic carbocycles. The van der Waals surface area contributed by atoms with Crippen molar-refractivity contribution in [2.75, 3.05) is 0 Å². The van der Waals surface area contributed by atoms with E-state index in [2.05, 4.69) is 5.32 Å². The third-order valence-electron chi connectivity index (χ3n) is 1.32. The van der Waals surface area contributed by atoms with Gasteiger partial charge in [0.05, 0.1) is 5.25 Å². The summed E-state index contributed by atoms with van der Waals surface area (Å²) < 4.78 is 0. The Balaban J connectivity index is 0.000001000. The van der Waals surface area contributed by atoms with Crippen molar-refractivity contribution in [3.63, 3.8) is 0 Å². The normalized spacial score (nSPS) is 22.8. The van der Waals surface area contributed by atoms with Crippen molar-refractivity contribution in [3.05, 3.63) is 0 Å². The van der Waals surface area contributed by atoms with Gasteiger partial charge in [-0.15, -0.1) is 0 Å². The van der Waals surface area contributed by atoms with Crippen LogP contribution in [0.3, 0.4) is 0 Å². The summed E-state index contributed by atoms with van der Waals surface area (Å²) in [6.07, 6.45) is 1.74. The predicted molar refractivity (Wildman–Crippen MR) is 39.8 cm³/mol. The SMILES string of the molecule is CCCC1SC(=O)NC1=O.[Na+]. The van der Waals surface area contributed by atoms with Crippen molar-refractivity contribution < 1.29 is 39.1 Å². The van der Waals surface area contributed by atoms with Crippen molar-refractivity contribution >= 4 is 22.9 Å². The Kier molecular flexibility index (Phi) is 5.42. The minimum absolute atomic E-state index is 0. The Morgan fingerprint density at radius 1 is 1.55 bits per heavy atom. The molecule has 0 aromatic carbocycles. The van der Waals surface area contributed by atoms with Gasteiger partial charge in [0.2, 0.25) is 5.91 Å². The number of carbonyl (C=O) groups excluding carboxylic acids is 2. The van der Waals surface area contributed by atoms with Gasteiger partial charge in [0, 0.05) is 0 Å². The summed E-state index contributed by atoms with van der Waals surface area (Å²) in [7, 11) is 0. The van der Waals surface area contributed by atoms with Crippen molar-refractivity contribution in [2.45, 2.75) is 25.0 Å². The third-order valence-corrected chi connectivity index (χ3v) is 2.37. The molecule has 1 aliphatic rings. The summed E-state index contributed by atoms with van der Waals surface area (Å²) in [5.41, 5.74) is 0. The van der Waals surface area contributed by atoms with E-state index in [0.717, 1.165) is 24.6 Å². The third kappa shape index (κ3) is 3.15. The van der Waals surface area contributed by atoms with Crippen LogP contribution < -0.4 is 34.9 Å². The monoisotopic (exact) mass is 182 g/mol. The summed E-state index contributed by atoms with van der Waals surface area (Å²) in [4.78, 5) is 21.4. The van der Waals surface area contributed by atoms with Crippen molar-refractivity contribution in [3.8, 4) is 0 Å². The maximum atomic E-state index is 10.8. The molecule has 1 fully saturated rings. The smallest absolute Gasteiger partial charge is 0.286 e. The van der Waals surface area contributed by atoms with E-state index in [9.17, 15) is 9.59 Å². The first-order valence-electron chi connectivity index (χ1n) is 3.25. The van der Waals surface area contributed by atoms with Gasteiger partial charge in [0.15, 0.2) is 0 Å². The molecule has 0 aromatic rings. The summed E-state index contributed by atoms with van der Waals surface area (Å²) in [5, 5.41) is 1.90. The van der Waals surface area contributed by atoms with Gasteiger partial charge >= 0.3 is 29.6 Å². The summed E-state index contributed by atoms with van der Waals surface area (Å²) in [5.74, 6) is -0.128. The molecule has 1 unspecified atom stereocenters. The number of thioether (sulfide) groups is 1. The van der Waals surface area contributed by atoms with Gasteiger partial charge in [-0.3, -0.25) is 14.9 Å². The molecule has 3 nitrogen and oxygen atoms in total. The molecule has 1 aliphatic heterocycles. The van der Waals surface area contributed by atoms with E-state index in [-0.39, 0.29) is 46.0 Å². The maximum absolute atomic E-state index is 10.8. The molecular weight excluding hydrogens is 173 g/mol. The minimum Gasteiger partial charge on any atom is -0.286 e. The first kappa shape index (κ1) is 11.5. The fourth-order valence-corrected chi connectivity index (χ4v) is 1.78. The number of carbonyl (C=O) groups is 2. The van der Waals surface area contributed by atoms with Crippen LogP contribution in [0.1, 0.15) is 19.8 Å². The molecule has 0 saturated carbocycles. The Morgan fingerprint density at radius 3 is 2.55 bits per heavy atom. The van der Waals surface area contributed by atoms with Crippen LogP contribution in [0.2, 0.25) is 0 Å². The van der Waals surface area contributed by atoms with E-state index < -0.39 is 0 Å². The quantitative estimate of drug-likeness (QED) is 0.510. The number of amides is 2. The van der Waals surface area contributed by atoms with E-state index in [1.54, 1.807) is 0 Å². The van der Waals surface area contributed by atoms with Crippen LogP contribution in [-0.2, 0) is 4.79 Å². The molecule has 1 atom stereocenters. The van der Waals surface area contributed by atoms with Crippen LogP contribution in [0.4, 0.5) is 4.79 Å². The second-order valence-corrected chi connectivity index (χ2v) is 3.35. The molecular formula is C6H9NNaO2S+. The topological polar surface area (TPSA) is 46.2 Å². The average Bonchev–Trinajstić information content (AvgIpc) is 2.13. The Labute approximate surface area is 92.0 Å². The average molecular weight is 182 g/mol. The number of rotatable bonds is 2. The molecule has 0 radical (unpaired) electrons. The van der Waals surface area contributed by atoms with Gasteiger partial charge in [-0.05, 0) is 6.42 Å². The number of hydrogen-bond acceptors (Lipinski definition) is 3. The minimum atomic E-state index is -0.205. The van der Waals surface area contributed by atoms with Crippen LogP contribution in [0, 0.1) is 0 Å². The van der Waals surface area contributed by atoms with E-state index in [1.807, 2.05) is 6.92 Å². The zero-order valence-electron chi connectivity index (χ0n) is 6.72. The molecule has 2 amide bonds. The zero-order chi connectivity index (χ0) is 7.56. The van der Waals surface area contributed by atoms with Gasteiger partial charge < -0.3 is 0 Å². The van der Waals surface area contributed by atoms with Crippen LogP contribution in [-0.4, -0.2) is 16.4 Å². The van der Waals surface area contributed by atoms with Crippen LogP contribution in [0.25, 0.3) is 0 Å². The van der Waals surface area contributed by atoms with E-state index in [4.69, 9.17) is 0 Å². The summed E-state index contributed by atoms with van der Waals surface area (Å²) in [6.45, 7) is 2.00. The van der Waals surface area contributed by atoms with Crippen LogP contribution >= 0.6 is 11.8 Å². The number of nitrogens with one attached hydrogen (secondary N) is 1. The molecule has 0 bridgehead atoms. The molecule has 0 aromatic heterocycles. The predicted octanol–water partition coefficient (Wildman–Crippen LogP) is -1.86. The molecule has 1 saturated heterocycles. The van der Waals surface area contributed by atoms with Gasteiger partial charge in [-0.25, -0.2) is 0 Å². The Morgan fingerprint density at radius 2 is 2.18 bits per heavy atom. The summed E-state index contributed by atoms with van der Waals surface area (Å²) >= 11 is 1.10. The van der Waals surface area contributed by atoms with Gasteiger partial charge in [0.25, 0.3) is 5.24 Å². The molecule has 0 spiro atoms. The maximum Gasteiger partial charge on any atom is 1.00 e. The first-order chi connectivity index (χ1) is 4.74. The standard InChI is InChI=1S/C6H9NO2S.Na/c1-2-3-4-5(8)7-6(9)10-4;/h4H,2-3H2,1H3,(H,7,8,9);/q;+1. The van der Waals surface area contributed by atoms with Gasteiger partial charge in [-0.2, -0.15) is 0 Å². The van der Waals surface area contributed by atoms with Crippen molar-refractivity contribution in [1.82, 2.24) is 5.32 Å². The number of imide groups is 1. The molecule has 11 heavy (non-hydrogen) atoms. The molecule has 56 valence electrons. The van der Waals surface area contributed by atoms with E-state index >= 15 is 0 Å². The Hall–Kier alpha value is 0.490. The zero-order valence-corrected chi connectivity index (χ0v) is 9.53. The fourth-order valence-electron chi connectivity index (χ4n) is 0.845. The Bertz CT molecular complexity index is 174. The fraction of sp³-hybridized carbons (Fsp3) is 0.667. The number of hydrogen-bond donors (Lipinski definition) is 1. The molecule has 1 N–H and O–H groups in total. The molecule has 1 heterocycles. The van der Waals surface area contributed by atoms with Crippen LogP contribution in [0.15, 0.2) is 0 Å². The van der Waals surface area contributed by atoms with Crippen molar-refractivity contribution in [1.29, 1.82) is 0 Å². The molecule has 1 rings (SSSR count). The van der Waals surface area contributed by atoms with E-state index in [0.29, 0.717) is 0 Å². The van der Waals surface area contributed by atoms with Gasteiger partial charge in [0.1, 0.15) is 0 Å². The second kappa shape index (κ2) is 5.19. The molecule has 5 heteroatoms.